The van der Waals surface area contributed by atoms with Gasteiger partial charge in [-0.1, -0.05) is 24.3 Å². The maximum Gasteiger partial charge on any atom is 0.0941 e. The number of nitrogens with zero attached hydrogens (tertiary/aromatic N) is 2. The van der Waals surface area contributed by atoms with Crippen molar-refractivity contribution in [3.63, 3.8) is 0 Å². The number of likely N-dealkylation sites (tertiary alicyclic amines) is 1. The fraction of sp³-hybridized carbons (Fsp3) is 0.588. The highest BCUT2D eigenvalue weighted by molar-refractivity contribution is 5.39. The van der Waals surface area contributed by atoms with Crippen molar-refractivity contribution >= 4 is 0 Å². The molecule has 1 heterocycles. The normalized spacial score (nSPS) is 32.6. The molecule has 0 amide bonds. The van der Waals surface area contributed by atoms with Gasteiger partial charge in [0.2, 0.25) is 0 Å². The number of piperidine rings is 1. The third-order valence-corrected chi connectivity index (χ3v) is 5.47. The fourth-order valence-electron chi connectivity index (χ4n) is 3.89. The van der Waals surface area contributed by atoms with Gasteiger partial charge in [-0.05, 0) is 50.8 Å². The highest BCUT2D eigenvalue weighted by Crippen LogP contribution is 2.49. The fourth-order valence-corrected chi connectivity index (χ4v) is 3.89. The molecule has 1 aliphatic heterocycles. The largest absolute Gasteiger partial charge is 0.388 e. The predicted octanol–water partition coefficient (Wildman–Crippen LogP) is 2.14. The Bertz CT molecular complexity index is 537. The van der Waals surface area contributed by atoms with Gasteiger partial charge in [0.05, 0.1) is 17.1 Å². The Kier molecular flexibility index (Phi) is 3.12. The van der Waals surface area contributed by atoms with E-state index >= 15 is 0 Å². The van der Waals surface area contributed by atoms with Crippen molar-refractivity contribution in [3.8, 4) is 6.07 Å². The van der Waals surface area contributed by atoms with Gasteiger partial charge < -0.3 is 10.0 Å². The lowest BCUT2D eigenvalue weighted by Crippen LogP contribution is -2.57. The Balaban J connectivity index is 1.94. The van der Waals surface area contributed by atoms with E-state index in [0.29, 0.717) is 31.7 Å². The second kappa shape index (κ2) is 4.58. The molecule has 1 aliphatic carbocycles. The van der Waals surface area contributed by atoms with E-state index in [9.17, 15) is 10.4 Å². The lowest BCUT2D eigenvalue weighted by Gasteiger charge is -2.48. The summed E-state index contributed by atoms with van der Waals surface area (Å²) in [6.45, 7) is 2.99. The van der Waals surface area contributed by atoms with Crippen molar-refractivity contribution in [3.05, 3.63) is 35.4 Å². The summed E-state index contributed by atoms with van der Waals surface area (Å²) in [5.41, 5.74) is 0.946. The van der Waals surface area contributed by atoms with Crippen molar-refractivity contribution in [1.82, 2.24) is 4.90 Å². The Morgan fingerprint density at radius 1 is 1.30 bits per heavy atom. The van der Waals surface area contributed by atoms with Crippen LogP contribution in [0.15, 0.2) is 24.3 Å². The quantitative estimate of drug-likeness (QED) is 0.850. The topological polar surface area (TPSA) is 47.3 Å². The Hall–Kier alpha value is -1.37. The molecule has 1 N–H and O–H groups in total. The molecule has 1 aromatic rings. The highest BCUT2D eigenvalue weighted by Gasteiger charge is 2.55. The van der Waals surface area contributed by atoms with Gasteiger partial charge in [0.1, 0.15) is 0 Å². The van der Waals surface area contributed by atoms with Gasteiger partial charge in [-0.2, -0.15) is 5.26 Å². The monoisotopic (exact) mass is 270 g/mol. The number of rotatable bonds is 1. The van der Waals surface area contributed by atoms with E-state index in [1.165, 1.54) is 11.1 Å². The third-order valence-electron chi connectivity index (χ3n) is 5.47. The molecule has 20 heavy (non-hydrogen) atoms. The first-order valence-electron chi connectivity index (χ1n) is 7.40. The second-order valence-electron chi connectivity index (χ2n) is 6.63. The molecular weight excluding hydrogens is 248 g/mol. The van der Waals surface area contributed by atoms with Crippen molar-refractivity contribution in [1.29, 1.82) is 5.26 Å². The molecule has 3 heteroatoms. The first-order chi connectivity index (χ1) is 9.50. The first-order valence-corrected chi connectivity index (χ1v) is 7.40. The third kappa shape index (κ3) is 1.87. The van der Waals surface area contributed by atoms with E-state index < -0.39 is 11.0 Å². The number of hydrogen-bond acceptors (Lipinski definition) is 3. The average Bonchev–Trinajstić information content (AvgIpc) is 2.84. The number of aliphatic hydroxyl groups is 1. The summed E-state index contributed by atoms with van der Waals surface area (Å²) in [7, 11) is 2.09. The van der Waals surface area contributed by atoms with Gasteiger partial charge in [-0.3, -0.25) is 0 Å². The summed E-state index contributed by atoms with van der Waals surface area (Å²) < 4.78 is 0. The van der Waals surface area contributed by atoms with Crippen LogP contribution in [0, 0.1) is 16.7 Å². The van der Waals surface area contributed by atoms with Crippen LogP contribution in [0.2, 0.25) is 0 Å². The van der Waals surface area contributed by atoms with Crippen molar-refractivity contribution in [2.45, 2.75) is 44.2 Å². The molecule has 2 unspecified atom stereocenters. The van der Waals surface area contributed by atoms with E-state index in [-0.39, 0.29) is 0 Å². The van der Waals surface area contributed by atoms with Crippen LogP contribution < -0.4 is 0 Å². The lowest BCUT2D eigenvalue weighted by molar-refractivity contribution is -0.104. The summed E-state index contributed by atoms with van der Waals surface area (Å²) >= 11 is 0. The van der Waals surface area contributed by atoms with Crippen LogP contribution in [0.1, 0.15) is 30.9 Å². The molecule has 2 aliphatic rings. The van der Waals surface area contributed by atoms with Crippen LogP contribution in [-0.4, -0.2) is 35.2 Å². The van der Waals surface area contributed by atoms with Crippen LogP contribution in [0.25, 0.3) is 0 Å². The summed E-state index contributed by atoms with van der Waals surface area (Å²) in [5, 5.41) is 21.1. The molecule has 0 aromatic heterocycles. The van der Waals surface area contributed by atoms with Crippen LogP contribution >= 0.6 is 0 Å². The lowest BCUT2D eigenvalue weighted by atomic mass is 9.65. The summed E-state index contributed by atoms with van der Waals surface area (Å²) in [5.74, 6) is 0. The standard InChI is InChI=1S/C17H22N2O/c1-13-9-17(20,7-8-19(13)2)16(12-18)10-14-5-3-4-6-15(14)11-16/h3-6,13,20H,7-11H2,1-2H3. The summed E-state index contributed by atoms with van der Waals surface area (Å²) in [6.07, 6.45) is 2.75. The minimum atomic E-state index is -0.868. The zero-order valence-corrected chi connectivity index (χ0v) is 12.3. The minimum Gasteiger partial charge on any atom is -0.388 e. The first kappa shape index (κ1) is 13.6. The van der Waals surface area contributed by atoms with E-state index in [2.05, 4.69) is 37.1 Å². The number of hydrogen-bond donors (Lipinski definition) is 1. The van der Waals surface area contributed by atoms with E-state index in [0.717, 1.165) is 6.54 Å². The summed E-state index contributed by atoms with van der Waals surface area (Å²) in [6, 6.07) is 11.1. The van der Waals surface area contributed by atoms with Gasteiger partial charge in [0.15, 0.2) is 0 Å². The zero-order valence-electron chi connectivity index (χ0n) is 12.3. The number of benzene rings is 1. The smallest absolute Gasteiger partial charge is 0.0941 e. The maximum absolute atomic E-state index is 11.2. The molecule has 3 rings (SSSR count). The van der Waals surface area contributed by atoms with Gasteiger partial charge in [0.25, 0.3) is 0 Å². The highest BCUT2D eigenvalue weighted by atomic mass is 16.3. The average molecular weight is 270 g/mol. The molecule has 1 saturated heterocycles. The molecule has 1 aromatic carbocycles. The number of fused-ring (bicyclic) bond motifs is 1. The van der Waals surface area contributed by atoms with Crippen molar-refractivity contribution in [2.24, 2.45) is 5.41 Å². The van der Waals surface area contributed by atoms with E-state index in [4.69, 9.17) is 0 Å². The van der Waals surface area contributed by atoms with E-state index in [1.54, 1.807) is 0 Å². The van der Waals surface area contributed by atoms with E-state index in [1.807, 2.05) is 12.1 Å². The van der Waals surface area contributed by atoms with Gasteiger partial charge in [-0.15, -0.1) is 0 Å². The Morgan fingerprint density at radius 3 is 2.40 bits per heavy atom. The molecule has 106 valence electrons. The molecule has 3 nitrogen and oxygen atoms in total. The molecule has 0 spiro atoms. The molecular formula is C17H22N2O. The predicted molar refractivity (Wildman–Crippen MR) is 78.2 cm³/mol. The van der Waals surface area contributed by atoms with Crippen LogP contribution in [0.4, 0.5) is 0 Å². The maximum atomic E-state index is 11.2. The second-order valence-corrected chi connectivity index (χ2v) is 6.63. The minimum absolute atomic E-state index is 0.322. The Labute approximate surface area is 120 Å². The van der Waals surface area contributed by atoms with Gasteiger partial charge >= 0.3 is 0 Å². The van der Waals surface area contributed by atoms with Crippen LogP contribution in [0.3, 0.4) is 0 Å². The van der Waals surface area contributed by atoms with Crippen LogP contribution in [-0.2, 0) is 12.8 Å². The molecule has 0 saturated carbocycles. The molecule has 0 bridgehead atoms. The molecule has 2 atom stereocenters. The molecule has 1 fully saturated rings. The van der Waals surface area contributed by atoms with Crippen molar-refractivity contribution < 1.29 is 5.11 Å². The number of nitriles is 1. The van der Waals surface area contributed by atoms with Gasteiger partial charge in [0, 0.05) is 12.6 Å². The van der Waals surface area contributed by atoms with Crippen LogP contribution in [0.5, 0.6) is 0 Å². The van der Waals surface area contributed by atoms with Gasteiger partial charge in [-0.25, -0.2) is 0 Å². The van der Waals surface area contributed by atoms with Crippen molar-refractivity contribution in [2.75, 3.05) is 13.6 Å². The zero-order chi connectivity index (χ0) is 14.4. The summed E-state index contributed by atoms with van der Waals surface area (Å²) in [4.78, 5) is 2.27. The molecule has 0 radical (unpaired) electrons. The SMILES string of the molecule is CC1CC(O)(C2(C#N)Cc3ccccc3C2)CCN1C. The Morgan fingerprint density at radius 2 is 1.90 bits per heavy atom.